The fourth-order valence-corrected chi connectivity index (χ4v) is 1.09. The summed E-state index contributed by atoms with van der Waals surface area (Å²) in [5.74, 6) is 0.0181. The number of carbonyl (C=O) groups is 1. The largest absolute Gasteiger partial charge is 0.356 e. The summed E-state index contributed by atoms with van der Waals surface area (Å²) < 4.78 is 0. The first kappa shape index (κ1) is 11.4. The van der Waals surface area contributed by atoms with Crippen LogP contribution in [0.1, 0.15) is 40.0 Å². The maximum Gasteiger partial charge on any atom is 0.216 e. The van der Waals surface area contributed by atoms with Gasteiger partial charge in [0.2, 0.25) is 5.91 Å². The van der Waals surface area contributed by atoms with Crippen molar-refractivity contribution in [3.63, 3.8) is 0 Å². The fourth-order valence-electron chi connectivity index (χ4n) is 1.09. The molecule has 0 unspecified atom stereocenters. The number of nitrogens with one attached hydrogen (secondary N) is 1. The highest BCUT2D eigenvalue weighted by Gasteiger charge is 2.19. The summed E-state index contributed by atoms with van der Waals surface area (Å²) in [4.78, 5) is 10.6. The molecule has 0 saturated carbocycles. The van der Waals surface area contributed by atoms with E-state index in [0.717, 1.165) is 19.3 Å². The van der Waals surface area contributed by atoms with Crippen molar-refractivity contribution in [2.24, 2.45) is 5.73 Å². The molecule has 0 spiro atoms. The standard InChI is InChI=1S/C9H20N2O/c1-4-9(10,5-2)6-7-11-8(3)12/h4-7,10H2,1-3H3,(H,11,12). The van der Waals surface area contributed by atoms with Gasteiger partial charge in [0.1, 0.15) is 0 Å². The summed E-state index contributed by atoms with van der Waals surface area (Å²) in [5.41, 5.74) is 5.94. The first-order valence-electron chi connectivity index (χ1n) is 4.57. The lowest BCUT2D eigenvalue weighted by Gasteiger charge is -2.26. The third kappa shape index (κ3) is 4.34. The third-order valence-corrected chi connectivity index (χ3v) is 2.41. The average Bonchev–Trinajstić information content (AvgIpc) is 2.03. The minimum Gasteiger partial charge on any atom is -0.356 e. The van der Waals surface area contributed by atoms with Gasteiger partial charge in [-0.3, -0.25) is 4.79 Å². The molecule has 3 nitrogen and oxygen atoms in total. The molecular weight excluding hydrogens is 152 g/mol. The first-order chi connectivity index (χ1) is 5.54. The van der Waals surface area contributed by atoms with Gasteiger partial charge >= 0.3 is 0 Å². The van der Waals surface area contributed by atoms with E-state index >= 15 is 0 Å². The molecular formula is C9H20N2O. The van der Waals surface area contributed by atoms with Crippen LogP contribution in [0.5, 0.6) is 0 Å². The molecule has 0 heterocycles. The van der Waals surface area contributed by atoms with E-state index in [2.05, 4.69) is 19.2 Å². The lowest BCUT2D eigenvalue weighted by atomic mass is 9.90. The van der Waals surface area contributed by atoms with Gasteiger partial charge in [-0.05, 0) is 19.3 Å². The Labute approximate surface area is 74.7 Å². The van der Waals surface area contributed by atoms with Gasteiger partial charge in [-0.2, -0.15) is 0 Å². The van der Waals surface area contributed by atoms with Gasteiger partial charge in [-0.25, -0.2) is 0 Å². The van der Waals surface area contributed by atoms with E-state index in [1.54, 1.807) is 0 Å². The molecule has 0 saturated heterocycles. The lowest BCUT2D eigenvalue weighted by molar-refractivity contribution is -0.119. The van der Waals surface area contributed by atoms with Gasteiger partial charge in [0.05, 0.1) is 0 Å². The molecule has 0 bridgehead atoms. The van der Waals surface area contributed by atoms with Crippen LogP contribution in [0.3, 0.4) is 0 Å². The Bertz CT molecular complexity index is 141. The van der Waals surface area contributed by atoms with Crippen molar-refractivity contribution < 1.29 is 4.79 Å². The Morgan fingerprint density at radius 2 is 1.92 bits per heavy atom. The molecule has 0 aliphatic carbocycles. The van der Waals surface area contributed by atoms with E-state index in [1.807, 2.05) is 0 Å². The molecule has 3 N–H and O–H groups in total. The molecule has 0 aromatic carbocycles. The van der Waals surface area contributed by atoms with Crippen LogP contribution in [0.4, 0.5) is 0 Å². The van der Waals surface area contributed by atoms with Crippen molar-refractivity contribution in [3.8, 4) is 0 Å². The highest BCUT2D eigenvalue weighted by Crippen LogP contribution is 2.14. The zero-order valence-corrected chi connectivity index (χ0v) is 8.31. The number of hydrogen-bond acceptors (Lipinski definition) is 2. The summed E-state index contributed by atoms with van der Waals surface area (Å²) in [7, 11) is 0. The second-order valence-electron chi connectivity index (χ2n) is 3.30. The molecule has 1 amide bonds. The molecule has 12 heavy (non-hydrogen) atoms. The van der Waals surface area contributed by atoms with Crippen LogP contribution in [0.2, 0.25) is 0 Å². The fraction of sp³-hybridized carbons (Fsp3) is 0.889. The van der Waals surface area contributed by atoms with Gasteiger partial charge in [-0.1, -0.05) is 13.8 Å². The molecule has 0 fully saturated rings. The molecule has 0 atom stereocenters. The molecule has 0 aromatic rings. The normalized spacial score (nSPS) is 11.3. The molecule has 0 aliphatic heterocycles. The van der Waals surface area contributed by atoms with Crippen molar-refractivity contribution in [2.75, 3.05) is 6.54 Å². The van der Waals surface area contributed by atoms with E-state index in [9.17, 15) is 4.79 Å². The minimum atomic E-state index is -0.0948. The van der Waals surface area contributed by atoms with Crippen LogP contribution in [0.25, 0.3) is 0 Å². The maximum atomic E-state index is 10.6. The van der Waals surface area contributed by atoms with E-state index < -0.39 is 0 Å². The van der Waals surface area contributed by atoms with Crippen molar-refractivity contribution in [3.05, 3.63) is 0 Å². The van der Waals surface area contributed by atoms with Crippen LogP contribution in [0, 0.1) is 0 Å². The third-order valence-electron chi connectivity index (χ3n) is 2.41. The zero-order chi connectivity index (χ0) is 9.61. The molecule has 3 heteroatoms. The first-order valence-corrected chi connectivity index (χ1v) is 4.57. The minimum absolute atomic E-state index is 0.0181. The Kier molecular flexibility index (Phi) is 4.90. The van der Waals surface area contributed by atoms with Crippen molar-refractivity contribution in [2.45, 2.75) is 45.6 Å². The predicted molar refractivity (Wildman–Crippen MR) is 50.8 cm³/mol. The smallest absolute Gasteiger partial charge is 0.216 e. The summed E-state index contributed by atoms with van der Waals surface area (Å²) in [6, 6.07) is 0. The van der Waals surface area contributed by atoms with Crippen LogP contribution in [0.15, 0.2) is 0 Å². The number of carbonyl (C=O) groups excluding carboxylic acids is 1. The highest BCUT2D eigenvalue weighted by atomic mass is 16.1. The summed E-state index contributed by atoms with van der Waals surface area (Å²) in [6.45, 7) is 6.37. The van der Waals surface area contributed by atoms with Gasteiger partial charge in [0.25, 0.3) is 0 Å². The molecule has 0 rings (SSSR count). The molecule has 0 aliphatic rings. The van der Waals surface area contributed by atoms with E-state index in [4.69, 9.17) is 5.73 Å². The zero-order valence-electron chi connectivity index (χ0n) is 8.31. The maximum absolute atomic E-state index is 10.6. The number of nitrogens with two attached hydrogens (primary N) is 1. The Hall–Kier alpha value is -0.570. The van der Waals surface area contributed by atoms with E-state index in [0.29, 0.717) is 6.54 Å². The monoisotopic (exact) mass is 172 g/mol. The molecule has 72 valence electrons. The van der Waals surface area contributed by atoms with Crippen LogP contribution in [-0.4, -0.2) is 18.0 Å². The second-order valence-corrected chi connectivity index (χ2v) is 3.30. The van der Waals surface area contributed by atoms with Gasteiger partial charge in [0.15, 0.2) is 0 Å². The van der Waals surface area contributed by atoms with Gasteiger partial charge in [-0.15, -0.1) is 0 Å². The van der Waals surface area contributed by atoms with E-state index in [1.165, 1.54) is 6.92 Å². The molecule has 0 aromatic heterocycles. The second kappa shape index (κ2) is 5.14. The summed E-state index contributed by atoms with van der Waals surface area (Å²) >= 11 is 0. The Morgan fingerprint density at radius 3 is 2.25 bits per heavy atom. The Morgan fingerprint density at radius 1 is 1.42 bits per heavy atom. The van der Waals surface area contributed by atoms with E-state index in [-0.39, 0.29) is 11.4 Å². The van der Waals surface area contributed by atoms with Gasteiger partial charge in [0, 0.05) is 19.0 Å². The number of amides is 1. The van der Waals surface area contributed by atoms with Crippen molar-refractivity contribution >= 4 is 5.91 Å². The van der Waals surface area contributed by atoms with Crippen molar-refractivity contribution in [1.82, 2.24) is 5.32 Å². The predicted octanol–water partition coefficient (Wildman–Crippen LogP) is 1.03. The highest BCUT2D eigenvalue weighted by molar-refractivity contribution is 5.72. The number of rotatable bonds is 5. The topological polar surface area (TPSA) is 55.1 Å². The van der Waals surface area contributed by atoms with Gasteiger partial charge < -0.3 is 11.1 Å². The van der Waals surface area contributed by atoms with Crippen LogP contribution < -0.4 is 11.1 Å². The quantitative estimate of drug-likeness (QED) is 0.650. The van der Waals surface area contributed by atoms with Crippen LogP contribution >= 0.6 is 0 Å². The van der Waals surface area contributed by atoms with Crippen LogP contribution in [-0.2, 0) is 4.79 Å². The number of hydrogen-bond donors (Lipinski definition) is 2. The summed E-state index contributed by atoms with van der Waals surface area (Å²) in [6.07, 6.45) is 2.78. The lowest BCUT2D eigenvalue weighted by Crippen LogP contribution is -2.41. The SMILES string of the molecule is CCC(N)(CC)CCNC(C)=O. The molecule has 0 radical (unpaired) electrons. The van der Waals surface area contributed by atoms with Crippen molar-refractivity contribution in [1.29, 1.82) is 0 Å². The Balaban J connectivity index is 3.65. The summed E-state index contributed by atoms with van der Waals surface area (Å²) in [5, 5.41) is 2.75. The average molecular weight is 172 g/mol.